The summed E-state index contributed by atoms with van der Waals surface area (Å²) in [5.74, 6) is 0.573. The van der Waals surface area contributed by atoms with Crippen LogP contribution in [0.1, 0.15) is 13.0 Å². The summed E-state index contributed by atoms with van der Waals surface area (Å²) in [4.78, 5) is 3.78. The summed E-state index contributed by atoms with van der Waals surface area (Å²) in [5, 5.41) is 3.91. The van der Waals surface area contributed by atoms with Gasteiger partial charge in [0.05, 0.1) is 6.04 Å². The predicted octanol–water partition coefficient (Wildman–Crippen LogP) is 1.08. The molecule has 0 radical (unpaired) electrons. The van der Waals surface area contributed by atoms with E-state index in [0.717, 1.165) is 0 Å². The lowest BCUT2D eigenvalue weighted by atomic mass is 10.4. The first-order valence-electron chi connectivity index (χ1n) is 2.74. The topological polar surface area (TPSA) is 30.7 Å². The number of aromatic nitrogens is 3. The Kier molecular flexibility index (Phi) is 2.05. The van der Waals surface area contributed by atoms with Crippen LogP contribution in [0.3, 0.4) is 0 Å². The van der Waals surface area contributed by atoms with Gasteiger partial charge in [-0.05, 0) is 6.92 Å². The van der Waals surface area contributed by atoms with Crippen LogP contribution in [0.2, 0.25) is 0 Å². The molecule has 0 N–H and O–H groups in total. The van der Waals surface area contributed by atoms with Crippen molar-refractivity contribution in [2.75, 3.05) is 5.88 Å². The smallest absolute Gasteiger partial charge is 0.137 e. The maximum atomic E-state index is 5.55. The van der Waals surface area contributed by atoms with Gasteiger partial charge < -0.3 is 0 Å². The van der Waals surface area contributed by atoms with Crippen molar-refractivity contribution in [1.82, 2.24) is 14.8 Å². The number of halogens is 1. The molecule has 0 aliphatic rings. The van der Waals surface area contributed by atoms with Crippen LogP contribution in [0, 0.1) is 0 Å². The monoisotopic (exact) mass is 145 g/mol. The molecule has 0 spiro atoms. The van der Waals surface area contributed by atoms with Crippen molar-refractivity contribution in [1.29, 1.82) is 0 Å². The molecule has 1 unspecified atom stereocenters. The molecular weight excluding hydrogens is 138 g/mol. The van der Waals surface area contributed by atoms with Gasteiger partial charge in [0.15, 0.2) is 0 Å². The largest absolute Gasteiger partial charge is 0.249 e. The molecule has 0 aliphatic heterocycles. The summed E-state index contributed by atoms with van der Waals surface area (Å²) in [6.07, 6.45) is 3.16. The molecule has 1 rings (SSSR count). The molecule has 0 aliphatic carbocycles. The summed E-state index contributed by atoms with van der Waals surface area (Å²) in [6.45, 7) is 1.99. The molecule has 1 atom stereocenters. The Balaban J connectivity index is 2.65. The van der Waals surface area contributed by atoms with Crippen LogP contribution in [0.25, 0.3) is 0 Å². The van der Waals surface area contributed by atoms with Gasteiger partial charge in [0.25, 0.3) is 0 Å². The Morgan fingerprint density at radius 1 is 1.78 bits per heavy atom. The minimum atomic E-state index is 0.245. The molecule has 1 aromatic heterocycles. The quantitative estimate of drug-likeness (QED) is 0.583. The Morgan fingerprint density at radius 2 is 2.56 bits per heavy atom. The van der Waals surface area contributed by atoms with E-state index in [4.69, 9.17) is 11.6 Å². The number of hydrogen-bond acceptors (Lipinski definition) is 2. The van der Waals surface area contributed by atoms with Gasteiger partial charge >= 0.3 is 0 Å². The Morgan fingerprint density at radius 3 is 3.00 bits per heavy atom. The number of rotatable bonds is 2. The normalized spacial score (nSPS) is 13.6. The van der Waals surface area contributed by atoms with Crippen molar-refractivity contribution in [3.05, 3.63) is 12.7 Å². The van der Waals surface area contributed by atoms with Crippen molar-refractivity contribution < 1.29 is 0 Å². The Bertz CT molecular complexity index is 161. The standard InChI is InChI=1S/C5H8ClN3/c1-5(2-6)9-4-7-3-8-9/h3-5H,2H2,1H3. The summed E-state index contributed by atoms with van der Waals surface area (Å²) in [7, 11) is 0. The van der Waals surface area contributed by atoms with Crippen LogP contribution in [0.4, 0.5) is 0 Å². The highest BCUT2D eigenvalue weighted by Crippen LogP contribution is 2.02. The average molecular weight is 146 g/mol. The summed E-state index contributed by atoms with van der Waals surface area (Å²) >= 11 is 5.55. The number of nitrogens with zero attached hydrogens (tertiary/aromatic N) is 3. The van der Waals surface area contributed by atoms with Gasteiger partial charge in [-0.15, -0.1) is 11.6 Å². The molecule has 0 amide bonds. The molecule has 0 aromatic carbocycles. The van der Waals surface area contributed by atoms with E-state index in [1.807, 2.05) is 6.92 Å². The summed E-state index contributed by atoms with van der Waals surface area (Å²) in [6, 6.07) is 0.245. The van der Waals surface area contributed by atoms with Crippen LogP contribution in [0.5, 0.6) is 0 Å². The molecule has 3 nitrogen and oxygen atoms in total. The molecule has 1 aromatic rings. The van der Waals surface area contributed by atoms with Crippen molar-refractivity contribution in [3.63, 3.8) is 0 Å². The van der Waals surface area contributed by atoms with Crippen LogP contribution in [-0.2, 0) is 0 Å². The van der Waals surface area contributed by atoms with E-state index < -0.39 is 0 Å². The van der Waals surface area contributed by atoms with Crippen molar-refractivity contribution in [2.45, 2.75) is 13.0 Å². The lowest BCUT2D eigenvalue weighted by molar-refractivity contribution is 0.536. The van der Waals surface area contributed by atoms with Crippen LogP contribution in [-0.4, -0.2) is 20.6 Å². The lowest BCUT2D eigenvalue weighted by Gasteiger charge is -2.04. The average Bonchev–Trinajstić information content (AvgIpc) is 2.37. The summed E-state index contributed by atoms with van der Waals surface area (Å²) < 4.78 is 1.73. The van der Waals surface area contributed by atoms with Gasteiger partial charge in [0, 0.05) is 5.88 Å². The van der Waals surface area contributed by atoms with Gasteiger partial charge in [-0.2, -0.15) is 5.10 Å². The first-order valence-corrected chi connectivity index (χ1v) is 3.28. The maximum absolute atomic E-state index is 5.55. The molecule has 0 saturated carbocycles. The number of hydrogen-bond donors (Lipinski definition) is 0. The number of alkyl halides is 1. The van der Waals surface area contributed by atoms with Crippen LogP contribution < -0.4 is 0 Å². The van der Waals surface area contributed by atoms with Gasteiger partial charge in [-0.3, -0.25) is 0 Å². The zero-order valence-electron chi connectivity index (χ0n) is 5.16. The molecule has 1 heterocycles. The Labute approximate surface area is 58.7 Å². The second-order valence-electron chi connectivity index (χ2n) is 1.88. The van der Waals surface area contributed by atoms with E-state index in [9.17, 15) is 0 Å². The predicted molar refractivity (Wildman–Crippen MR) is 35.5 cm³/mol. The maximum Gasteiger partial charge on any atom is 0.137 e. The van der Waals surface area contributed by atoms with Crippen molar-refractivity contribution >= 4 is 11.6 Å². The fourth-order valence-electron chi connectivity index (χ4n) is 0.516. The first-order chi connectivity index (χ1) is 4.34. The fourth-order valence-corrected chi connectivity index (χ4v) is 0.657. The lowest BCUT2D eigenvalue weighted by Crippen LogP contribution is -2.06. The van der Waals surface area contributed by atoms with Gasteiger partial charge in [0.2, 0.25) is 0 Å². The van der Waals surface area contributed by atoms with E-state index in [1.54, 1.807) is 11.0 Å². The highest BCUT2D eigenvalue weighted by atomic mass is 35.5. The molecule has 50 valence electrons. The van der Waals surface area contributed by atoms with E-state index in [2.05, 4.69) is 10.1 Å². The molecule has 0 fully saturated rings. The highest BCUT2D eigenvalue weighted by molar-refractivity contribution is 6.18. The second-order valence-corrected chi connectivity index (χ2v) is 2.19. The molecule has 9 heavy (non-hydrogen) atoms. The third-order valence-corrected chi connectivity index (χ3v) is 1.56. The zero-order chi connectivity index (χ0) is 6.69. The van der Waals surface area contributed by atoms with Gasteiger partial charge in [0.1, 0.15) is 12.7 Å². The SMILES string of the molecule is CC(CCl)n1cncn1. The third kappa shape index (κ3) is 1.42. The minimum Gasteiger partial charge on any atom is -0.249 e. The minimum absolute atomic E-state index is 0.245. The van der Waals surface area contributed by atoms with E-state index >= 15 is 0 Å². The van der Waals surface area contributed by atoms with E-state index in [-0.39, 0.29) is 6.04 Å². The Hall–Kier alpha value is -0.570. The second kappa shape index (κ2) is 2.82. The molecule has 0 bridgehead atoms. The first kappa shape index (κ1) is 6.55. The van der Waals surface area contributed by atoms with Gasteiger partial charge in [-0.1, -0.05) is 0 Å². The van der Waals surface area contributed by atoms with Crippen LogP contribution >= 0.6 is 11.6 Å². The molecular formula is C5H8ClN3. The molecule has 4 heteroatoms. The fraction of sp³-hybridized carbons (Fsp3) is 0.600. The van der Waals surface area contributed by atoms with E-state index in [0.29, 0.717) is 5.88 Å². The van der Waals surface area contributed by atoms with Crippen LogP contribution in [0.15, 0.2) is 12.7 Å². The van der Waals surface area contributed by atoms with Gasteiger partial charge in [-0.25, -0.2) is 9.67 Å². The summed E-state index contributed by atoms with van der Waals surface area (Å²) in [5.41, 5.74) is 0. The van der Waals surface area contributed by atoms with E-state index in [1.165, 1.54) is 6.33 Å². The highest BCUT2D eigenvalue weighted by Gasteiger charge is 2.00. The van der Waals surface area contributed by atoms with Crippen molar-refractivity contribution in [3.8, 4) is 0 Å². The zero-order valence-corrected chi connectivity index (χ0v) is 5.91. The molecule has 0 saturated heterocycles. The van der Waals surface area contributed by atoms with Crippen molar-refractivity contribution in [2.24, 2.45) is 0 Å². The third-order valence-electron chi connectivity index (χ3n) is 1.11.